The Balaban J connectivity index is 4.23. The Hall–Kier alpha value is -0.750. The fourth-order valence-corrected chi connectivity index (χ4v) is 2.29. The summed E-state index contributed by atoms with van der Waals surface area (Å²) in [6, 6.07) is -0.214. The lowest BCUT2D eigenvalue weighted by atomic mass is 10.2. The lowest BCUT2D eigenvalue weighted by Gasteiger charge is -2.08. The highest BCUT2D eigenvalue weighted by Crippen LogP contribution is 1.93. The van der Waals surface area contributed by atoms with Crippen molar-refractivity contribution in [1.82, 2.24) is 4.72 Å². The molecular formula is C8H16N2O3S. The van der Waals surface area contributed by atoms with Gasteiger partial charge in [-0.25, -0.2) is 13.1 Å². The van der Waals surface area contributed by atoms with Crippen molar-refractivity contribution in [3.8, 4) is 0 Å². The van der Waals surface area contributed by atoms with E-state index in [4.69, 9.17) is 5.41 Å². The van der Waals surface area contributed by atoms with E-state index in [0.717, 1.165) is 0 Å². The van der Waals surface area contributed by atoms with Gasteiger partial charge in [-0.2, -0.15) is 0 Å². The standard InChI is InChI=1S/C8H16N2O3S/c1-6(2)10-14(12,13)5-8(11)4-7(3)9/h6,9-10H,4-5H2,1-3H3. The molecule has 6 heteroatoms. The van der Waals surface area contributed by atoms with Crippen LogP contribution in [0.4, 0.5) is 0 Å². The fourth-order valence-electron chi connectivity index (χ4n) is 0.960. The molecule has 0 aromatic carbocycles. The molecule has 82 valence electrons. The first kappa shape index (κ1) is 13.2. The van der Waals surface area contributed by atoms with Crippen LogP contribution in [-0.4, -0.2) is 31.7 Å². The van der Waals surface area contributed by atoms with E-state index in [1.54, 1.807) is 13.8 Å². The lowest BCUT2D eigenvalue weighted by Crippen LogP contribution is -2.35. The van der Waals surface area contributed by atoms with E-state index in [0.29, 0.717) is 0 Å². The minimum atomic E-state index is -3.52. The van der Waals surface area contributed by atoms with Gasteiger partial charge in [0, 0.05) is 18.2 Å². The summed E-state index contributed by atoms with van der Waals surface area (Å²) in [6.07, 6.45) is -0.0982. The summed E-state index contributed by atoms with van der Waals surface area (Å²) >= 11 is 0. The molecule has 0 heterocycles. The lowest BCUT2D eigenvalue weighted by molar-refractivity contribution is -0.115. The van der Waals surface area contributed by atoms with E-state index in [-0.39, 0.29) is 18.2 Å². The molecule has 0 saturated carbocycles. The SMILES string of the molecule is CC(=N)CC(=O)CS(=O)(=O)NC(C)C. The van der Waals surface area contributed by atoms with Crippen LogP contribution >= 0.6 is 0 Å². The van der Waals surface area contributed by atoms with Crippen molar-refractivity contribution in [2.75, 3.05) is 5.75 Å². The molecule has 0 unspecified atom stereocenters. The molecule has 14 heavy (non-hydrogen) atoms. The third-order valence-corrected chi connectivity index (χ3v) is 2.76. The first-order valence-corrected chi connectivity index (χ1v) is 5.94. The third-order valence-electron chi connectivity index (χ3n) is 1.23. The maximum absolute atomic E-state index is 11.2. The van der Waals surface area contributed by atoms with Crippen LogP contribution in [0.25, 0.3) is 0 Å². The summed E-state index contributed by atoms with van der Waals surface area (Å²) in [5.74, 6) is -0.993. The highest BCUT2D eigenvalue weighted by molar-refractivity contribution is 7.90. The van der Waals surface area contributed by atoms with Gasteiger partial charge >= 0.3 is 0 Å². The van der Waals surface area contributed by atoms with Crippen molar-refractivity contribution >= 4 is 21.5 Å². The minimum Gasteiger partial charge on any atom is -0.310 e. The Labute approximate surface area is 84.5 Å². The van der Waals surface area contributed by atoms with E-state index in [9.17, 15) is 13.2 Å². The largest absolute Gasteiger partial charge is 0.310 e. The Morgan fingerprint density at radius 3 is 2.29 bits per heavy atom. The number of hydrogen-bond acceptors (Lipinski definition) is 4. The first-order valence-electron chi connectivity index (χ1n) is 4.28. The molecule has 5 nitrogen and oxygen atoms in total. The summed E-state index contributed by atoms with van der Waals surface area (Å²) in [5.41, 5.74) is 0.176. The first-order chi connectivity index (χ1) is 6.23. The average molecular weight is 220 g/mol. The Bertz CT molecular complexity index is 319. The molecule has 0 spiro atoms. The van der Waals surface area contributed by atoms with Gasteiger partial charge in [0.25, 0.3) is 0 Å². The van der Waals surface area contributed by atoms with Gasteiger partial charge in [-0.1, -0.05) is 0 Å². The number of carbonyl (C=O) groups is 1. The van der Waals surface area contributed by atoms with Crippen molar-refractivity contribution in [2.24, 2.45) is 0 Å². The van der Waals surface area contributed by atoms with Gasteiger partial charge in [-0.05, 0) is 20.8 Å². The second-order valence-electron chi connectivity index (χ2n) is 3.53. The molecule has 0 radical (unpaired) electrons. The van der Waals surface area contributed by atoms with Crippen molar-refractivity contribution < 1.29 is 13.2 Å². The van der Waals surface area contributed by atoms with Crippen molar-refractivity contribution in [2.45, 2.75) is 33.2 Å². The van der Waals surface area contributed by atoms with Crippen LogP contribution < -0.4 is 4.72 Å². The molecule has 2 N–H and O–H groups in total. The normalized spacial score (nSPS) is 11.7. The Kier molecular flexibility index (Phi) is 4.93. The topological polar surface area (TPSA) is 87.1 Å². The smallest absolute Gasteiger partial charge is 0.218 e. The van der Waals surface area contributed by atoms with Gasteiger partial charge in [0.15, 0.2) is 5.78 Å². The zero-order chi connectivity index (χ0) is 11.4. The summed E-state index contributed by atoms with van der Waals surface area (Å²) in [4.78, 5) is 11.1. The van der Waals surface area contributed by atoms with E-state index in [1.165, 1.54) is 6.92 Å². The van der Waals surface area contributed by atoms with Gasteiger partial charge in [-0.15, -0.1) is 0 Å². The van der Waals surface area contributed by atoms with Gasteiger partial charge in [0.05, 0.1) is 0 Å². The highest BCUT2D eigenvalue weighted by atomic mass is 32.2. The quantitative estimate of drug-likeness (QED) is 0.632. The molecule has 0 aliphatic rings. The summed E-state index contributed by atoms with van der Waals surface area (Å²) in [7, 11) is -3.52. The Morgan fingerprint density at radius 2 is 1.93 bits per heavy atom. The molecule has 0 rings (SSSR count). The number of hydrogen-bond donors (Lipinski definition) is 2. The van der Waals surface area contributed by atoms with Crippen LogP contribution in [0.15, 0.2) is 0 Å². The number of carbonyl (C=O) groups excluding carboxylic acids is 1. The molecule has 0 bridgehead atoms. The van der Waals surface area contributed by atoms with Gasteiger partial charge in [0.1, 0.15) is 5.75 Å². The maximum atomic E-state index is 11.2. The van der Waals surface area contributed by atoms with E-state index in [2.05, 4.69) is 4.72 Å². The summed E-state index contributed by atoms with van der Waals surface area (Å²) in [6.45, 7) is 4.84. The molecule has 0 aromatic heterocycles. The van der Waals surface area contributed by atoms with Gasteiger partial charge in [-0.3, -0.25) is 4.79 Å². The summed E-state index contributed by atoms with van der Waals surface area (Å²) in [5, 5.41) is 7.04. The molecule has 0 fully saturated rings. The fraction of sp³-hybridized carbons (Fsp3) is 0.750. The zero-order valence-electron chi connectivity index (χ0n) is 8.62. The summed E-state index contributed by atoms with van der Waals surface area (Å²) < 4.78 is 24.8. The van der Waals surface area contributed by atoms with Crippen molar-refractivity contribution in [3.63, 3.8) is 0 Å². The van der Waals surface area contributed by atoms with Crippen molar-refractivity contribution in [1.29, 1.82) is 5.41 Å². The molecular weight excluding hydrogens is 204 g/mol. The second-order valence-corrected chi connectivity index (χ2v) is 5.28. The minimum absolute atomic E-state index is 0.0982. The van der Waals surface area contributed by atoms with Gasteiger partial charge in [0.2, 0.25) is 10.0 Å². The van der Waals surface area contributed by atoms with Crippen LogP contribution in [-0.2, 0) is 14.8 Å². The molecule has 0 atom stereocenters. The number of nitrogens with one attached hydrogen (secondary N) is 2. The second kappa shape index (κ2) is 5.21. The number of Topliss-reactive ketones (excluding diaryl/α,β-unsaturated/α-hetero) is 1. The van der Waals surface area contributed by atoms with E-state index >= 15 is 0 Å². The maximum Gasteiger partial charge on any atom is 0.218 e. The zero-order valence-corrected chi connectivity index (χ0v) is 9.44. The molecule has 0 aliphatic carbocycles. The number of sulfonamides is 1. The number of rotatable bonds is 6. The van der Waals surface area contributed by atoms with Crippen LogP contribution in [0, 0.1) is 5.41 Å². The molecule has 0 aliphatic heterocycles. The van der Waals surface area contributed by atoms with Crippen LogP contribution in [0.2, 0.25) is 0 Å². The Morgan fingerprint density at radius 1 is 1.43 bits per heavy atom. The molecule has 0 amide bonds. The monoisotopic (exact) mass is 220 g/mol. The molecule has 0 aromatic rings. The highest BCUT2D eigenvalue weighted by Gasteiger charge is 2.17. The van der Waals surface area contributed by atoms with Gasteiger partial charge < -0.3 is 5.41 Å². The predicted molar refractivity (Wildman–Crippen MR) is 55.1 cm³/mol. The average Bonchev–Trinajstić information content (AvgIpc) is 1.77. The van der Waals surface area contributed by atoms with Crippen LogP contribution in [0.5, 0.6) is 0 Å². The number of ketones is 1. The van der Waals surface area contributed by atoms with Crippen LogP contribution in [0.3, 0.4) is 0 Å². The van der Waals surface area contributed by atoms with Crippen molar-refractivity contribution in [3.05, 3.63) is 0 Å². The third kappa shape index (κ3) is 6.73. The van der Waals surface area contributed by atoms with E-state index < -0.39 is 21.6 Å². The van der Waals surface area contributed by atoms with E-state index in [1.807, 2.05) is 0 Å². The predicted octanol–water partition coefficient (Wildman–Crippen LogP) is 0.313. The molecule has 0 saturated heterocycles. The van der Waals surface area contributed by atoms with Crippen LogP contribution in [0.1, 0.15) is 27.2 Å².